The van der Waals surface area contributed by atoms with Crippen LogP contribution in [0.1, 0.15) is 23.3 Å². The number of carbonyl (C=O) groups excluding carboxylic acids is 2. The predicted molar refractivity (Wildman–Crippen MR) is 100 cm³/mol. The number of carbonyl (C=O) groups is 2. The van der Waals surface area contributed by atoms with Gasteiger partial charge in [0.05, 0.1) is 5.75 Å². The summed E-state index contributed by atoms with van der Waals surface area (Å²) < 4.78 is 1.81. The van der Waals surface area contributed by atoms with Crippen molar-refractivity contribution in [3.8, 4) is 0 Å². The van der Waals surface area contributed by atoms with Crippen LogP contribution in [0.25, 0.3) is 0 Å². The van der Waals surface area contributed by atoms with E-state index in [-0.39, 0.29) is 17.9 Å². The molecular weight excluding hydrogens is 364 g/mol. The molecule has 2 amide bonds. The van der Waals surface area contributed by atoms with Crippen LogP contribution in [0.2, 0.25) is 0 Å². The third-order valence-electron chi connectivity index (χ3n) is 5.20. The maximum Gasteiger partial charge on any atom is 0.272 e. The molecule has 8 nitrogen and oxygen atoms in total. The van der Waals surface area contributed by atoms with Crippen molar-refractivity contribution < 1.29 is 9.59 Å². The summed E-state index contributed by atoms with van der Waals surface area (Å²) in [6.07, 6.45) is 5.26. The molecule has 5 rings (SSSR count). The largest absolute Gasteiger partial charge is 0.337 e. The molecule has 3 aliphatic heterocycles. The van der Waals surface area contributed by atoms with Crippen molar-refractivity contribution in [1.82, 2.24) is 29.5 Å². The molecular formula is C18H22N6O2S. The molecule has 27 heavy (non-hydrogen) atoms. The molecule has 0 unspecified atom stereocenters. The van der Waals surface area contributed by atoms with Crippen LogP contribution in [0.3, 0.4) is 0 Å². The Balaban J connectivity index is 1.42. The highest BCUT2D eigenvalue weighted by Gasteiger charge is 2.38. The Morgan fingerprint density at radius 1 is 1.22 bits per heavy atom. The van der Waals surface area contributed by atoms with Crippen molar-refractivity contribution in [2.75, 3.05) is 25.4 Å². The molecule has 2 atom stereocenters. The quantitative estimate of drug-likeness (QED) is 0.731. The number of fused-ring (bicyclic) bond motifs is 4. The van der Waals surface area contributed by atoms with E-state index in [1.807, 2.05) is 22.9 Å². The van der Waals surface area contributed by atoms with Gasteiger partial charge in [-0.3, -0.25) is 14.6 Å². The first-order chi connectivity index (χ1) is 13.1. The van der Waals surface area contributed by atoms with E-state index in [4.69, 9.17) is 0 Å². The summed E-state index contributed by atoms with van der Waals surface area (Å²) in [6.45, 7) is 1.98. The predicted octanol–water partition coefficient (Wildman–Crippen LogP) is 1.07. The van der Waals surface area contributed by atoms with E-state index in [1.165, 1.54) is 11.8 Å². The van der Waals surface area contributed by atoms with Crippen LogP contribution in [0, 0.1) is 5.92 Å². The average Bonchev–Trinajstić information content (AvgIpc) is 2.91. The van der Waals surface area contributed by atoms with Gasteiger partial charge in [-0.05, 0) is 30.9 Å². The molecule has 2 bridgehead atoms. The minimum Gasteiger partial charge on any atom is -0.337 e. The van der Waals surface area contributed by atoms with Crippen LogP contribution in [0.15, 0.2) is 35.9 Å². The van der Waals surface area contributed by atoms with Gasteiger partial charge in [-0.25, -0.2) is 0 Å². The Labute approximate surface area is 162 Å². The summed E-state index contributed by atoms with van der Waals surface area (Å²) in [5, 5.41) is 8.59. The lowest BCUT2D eigenvalue weighted by molar-refractivity contribution is -0.132. The second-order valence-corrected chi connectivity index (χ2v) is 8.02. The smallest absolute Gasteiger partial charge is 0.272 e. The molecule has 0 aromatic carbocycles. The molecule has 0 N–H and O–H groups in total. The van der Waals surface area contributed by atoms with Crippen LogP contribution < -0.4 is 0 Å². The topological polar surface area (TPSA) is 84.2 Å². The first-order valence-electron chi connectivity index (χ1n) is 9.08. The Morgan fingerprint density at radius 3 is 2.85 bits per heavy atom. The monoisotopic (exact) mass is 386 g/mol. The van der Waals surface area contributed by atoms with Crippen molar-refractivity contribution in [2.45, 2.75) is 24.0 Å². The molecule has 3 saturated heterocycles. The Bertz CT molecular complexity index is 826. The third kappa shape index (κ3) is 3.83. The van der Waals surface area contributed by atoms with Crippen LogP contribution in [0.5, 0.6) is 0 Å². The molecule has 142 valence electrons. The van der Waals surface area contributed by atoms with Crippen molar-refractivity contribution in [3.63, 3.8) is 0 Å². The maximum absolute atomic E-state index is 12.8. The fourth-order valence-corrected chi connectivity index (χ4v) is 4.59. The van der Waals surface area contributed by atoms with Crippen molar-refractivity contribution in [1.29, 1.82) is 0 Å². The molecule has 9 heteroatoms. The molecule has 5 heterocycles. The number of hydrogen-bond acceptors (Lipinski definition) is 6. The second kappa shape index (κ2) is 7.67. The van der Waals surface area contributed by atoms with Gasteiger partial charge in [0.15, 0.2) is 5.16 Å². The normalized spacial score (nSPS) is 22.0. The zero-order chi connectivity index (χ0) is 18.8. The third-order valence-corrected chi connectivity index (χ3v) is 6.22. The SMILES string of the molecule is Cn1cnnc1SCC(=O)N1C[C@H]2CC[C@@H]1CN(C(=O)c1ccccn1)C2. The number of nitrogens with zero attached hydrogens (tertiary/aromatic N) is 6. The van der Waals surface area contributed by atoms with E-state index in [0.29, 0.717) is 30.5 Å². The molecule has 0 aliphatic carbocycles. The first-order valence-corrected chi connectivity index (χ1v) is 10.1. The Morgan fingerprint density at radius 2 is 2.11 bits per heavy atom. The number of piperidine rings is 1. The van der Waals surface area contributed by atoms with E-state index in [9.17, 15) is 9.59 Å². The van der Waals surface area contributed by atoms with E-state index in [0.717, 1.165) is 24.5 Å². The Kier molecular flexibility index (Phi) is 5.11. The van der Waals surface area contributed by atoms with E-state index in [1.54, 1.807) is 29.2 Å². The summed E-state index contributed by atoms with van der Waals surface area (Å²) >= 11 is 1.40. The lowest BCUT2D eigenvalue weighted by Crippen LogP contribution is -2.48. The lowest BCUT2D eigenvalue weighted by atomic mass is 9.95. The van der Waals surface area contributed by atoms with Crippen LogP contribution >= 0.6 is 11.8 Å². The minimum absolute atomic E-state index is 0.0461. The molecule has 3 fully saturated rings. The van der Waals surface area contributed by atoms with Gasteiger partial charge in [-0.15, -0.1) is 10.2 Å². The molecule has 2 aromatic heterocycles. The highest BCUT2D eigenvalue weighted by molar-refractivity contribution is 7.99. The van der Waals surface area contributed by atoms with Gasteiger partial charge in [0.25, 0.3) is 5.91 Å². The van der Waals surface area contributed by atoms with E-state index >= 15 is 0 Å². The molecule has 0 radical (unpaired) electrons. The lowest BCUT2D eigenvalue weighted by Gasteiger charge is -2.36. The highest BCUT2D eigenvalue weighted by Crippen LogP contribution is 2.29. The minimum atomic E-state index is -0.0461. The van der Waals surface area contributed by atoms with Crippen molar-refractivity contribution in [2.24, 2.45) is 13.0 Å². The van der Waals surface area contributed by atoms with E-state index < -0.39 is 0 Å². The fourth-order valence-electron chi connectivity index (χ4n) is 3.82. The number of rotatable bonds is 4. The summed E-state index contributed by atoms with van der Waals surface area (Å²) in [7, 11) is 1.86. The zero-order valence-electron chi connectivity index (χ0n) is 15.2. The number of aromatic nitrogens is 4. The first kappa shape index (κ1) is 18.0. The van der Waals surface area contributed by atoms with Crippen LogP contribution in [0.4, 0.5) is 0 Å². The van der Waals surface area contributed by atoms with Gasteiger partial charge in [0.1, 0.15) is 12.0 Å². The molecule has 0 saturated carbocycles. The van der Waals surface area contributed by atoms with E-state index in [2.05, 4.69) is 15.2 Å². The molecule has 0 spiro atoms. The second-order valence-electron chi connectivity index (χ2n) is 7.08. The summed E-state index contributed by atoms with van der Waals surface area (Å²) in [4.78, 5) is 33.6. The number of pyridine rings is 1. The van der Waals surface area contributed by atoms with Gasteiger partial charge in [0, 0.05) is 38.9 Å². The molecule has 3 aliphatic rings. The van der Waals surface area contributed by atoms with Gasteiger partial charge < -0.3 is 14.4 Å². The van der Waals surface area contributed by atoms with Crippen LogP contribution in [-0.2, 0) is 11.8 Å². The van der Waals surface area contributed by atoms with Gasteiger partial charge in [-0.1, -0.05) is 17.8 Å². The average molecular weight is 386 g/mol. The highest BCUT2D eigenvalue weighted by atomic mass is 32.2. The van der Waals surface area contributed by atoms with Gasteiger partial charge >= 0.3 is 0 Å². The Hall–Kier alpha value is -2.42. The number of aryl methyl sites for hydroxylation is 1. The number of hydrogen-bond donors (Lipinski definition) is 0. The van der Waals surface area contributed by atoms with Gasteiger partial charge in [0.2, 0.25) is 5.91 Å². The maximum atomic E-state index is 12.8. The number of amides is 2. The standard InChI is InChI=1S/C18H22N6O2S/c1-22-12-20-21-18(22)27-11-16(25)24-9-13-5-6-14(24)10-23(8-13)17(26)15-4-2-3-7-19-15/h2-4,7,12-14H,5-6,8-11H2,1H3/t13-,14+/m0/s1. The van der Waals surface area contributed by atoms with Crippen molar-refractivity contribution in [3.05, 3.63) is 36.4 Å². The summed E-state index contributed by atoms with van der Waals surface area (Å²) in [5.74, 6) is 0.713. The summed E-state index contributed by atoms with van der Waals surface area (Å²) in [5.41, 5.74) is 0.467. The fraction of sp³-hybridized carbons (Fsp3) is 0.500. The zero-order valence-corrected chi connectivity index (χ0v) is 16.0. The number of thioether (sulfide) groups is 1. The van der Waals surface area contributed by atoms with Crippen LogP contribution in [-0.4, -0.2) is 72.8 Å². The van der Waals surface area contributed by atoms with Crippen molar-refractivity contribution >= 4 is 23.6 Å². The molecule has 2 aromatic rings. The summed E-state index contributed by atoms with van der Waals surface area (Å²) in [6, 6.07) is 5.45. The van der Waals surface area contributed by atoms with Gasteiger partial charge in [-0.2, -0.15) is 0 Å².